The molecule has 1 atom stereocenters. The fraction of sp³-hybridized carbons (Fsp3) is 0.125. The highest BCUT2D eigenvalue weighted by molar-refractivity contribution is 7.89. The maximum Gasteiger partial charge on any atom is 0.280 e. The summed E-state index contributed by atoms with van der Waals surface area (Å²) in [6.45, 7) is 1.59. The molecule has 0 aromatic heterocycles. The number of nitrogens with two attached hydrogens (primary N) is 1. The van der Waals surface area contributed by atoms with Gasteiger partial charge in [-0.2, -0.15) is 20.3 Å². The number of sulfonamides is 1. The molecule has 0 saturated heterocycles. The van der Waals surface area contributed by atoms with Crippen molar-refractivity contribution in [2.75, 3.05) is 5.01 Å². The van der Waals surface area contributed by atoms with Gasteiger partial charge in [0.1, 0.15) is 5.69 Å². The third kappa shape index (κ3) is 3.99. The predicted octanol–water partition coefficient (Wildman–Crippen LogP) is 3.22. The Labute approximate surface area is 170 Å². The van der Waals surface area contributed by atoms with Gasteiger partial charge in [0.15, 0.2) is 11.8 Å². The van der Waals surface area contributed by atoms with E-state index in [0.717, 1.165) is 5.01 Å². The van der Waals surface area contributed by atoms with Crippen molar-refractivity contribution in [2.24, 2.45) is 20.5 Å². The molecule has 1 heterocycles. The molecule has 0 radical (unpaired) electrons. The number of hydrogen-bond acceptors (Lipinski definition) is 7. The zero-order valence-corrected chi connectivity index (χ0v) is 16.6. The molecule has 146 valence electrons. The van der Waals surface area contributed by atoms with Crippen LogP contribution in [0.1, 0.15) is 6.92 Å². The number of benzene rings is 2. The van der Waals surface area contributed by atoms with Gasteiger partial charge >= 0.3 is 0 Å². The van der Waals surface area contributed by atoms with Crippen LogP contribution in [0.4, 0.5) is 11.4 Å². The molecule has 0 bridgehead atoms. The summed E-state index contributed by atoms with van der Waals surface area (Å²) in [7, 11) is -3.85. The minimum Gasteiger partial charge on any atom is -0.504 e. The molecule has 3 rings (SSSR count). The fourth-order valence-electron chi connectivity index (χ4n) is 2.40. The van der Waals surface area contributed by atoms with Crippen LogP contribution in [0.2, 0.25) is 10.0 Å². The first-order chi connectivity index (χ1) is 13.1. The Hall–Kier alpha value is -2.53. The number of halogens is 2. The lowest BCUT2D eigenvalue weighted by Crippen LogP contribution is -2.29. The molecule has 9 nitrogen and oxygen atoms in total. The molecular formula is C16H13Cl2N5O4S. The quantitative estimate of drug-likeness (QED) is 0.702. The summed E-state index contributed by atoms with van der Waals surface area (Å²) in [5, 5.41) is 28.2. The third-order valence-electron chi connectivity index (χ3n) is 3.79. The first kappa shape index (κ1) is 20.2. The van der Waals surface area contributed by atoms with E-state index in [1.807, 2.05) is 0 Å². The van der Waals surface area contributed by atoms with Crippen molar-refractivity contribution in [3.63, 3.8) is 0 Å². The van der Waals surface area contributed by atoms with Gasteiger partial charge in [-0.15, -0.1) is 0 Å². The van der Waals surface area contributed by atoms with Crippen LogP contribution in [0.15, 0.2) is 56.6 Å². The number of hydrogen-bond donors (Lipinski definition) is 2. The second-order valence-electron chi connectivity index (χ2n) is 5.80. The average molecular weight is 442 g/mol. The van der Waals surface area contributed by atoms with Gasteiger partial charge in [-0.1, -0.05) is 23.2 Å². The number of phenols is 1. The lowest BCUT2D eigenvalue weighted by atomic mass is 10.2. The summed E-state index contributed by atoms with van der Waals surface area (Å²) in [6, 6.07) is 7.01. The molecule has 3 N–H and O–H groups in total. The van der Waals surface area contributed by atoms with Crippen LogP contribution in [0, 0.1) is 0 Å². The summed E-state index contributed by atoms with van der Waals surface area (Å²) in [4.78, 5) is 12.5. The molecule has 1 amide bonds. The van der Waals surface area contributed by atoms with Crippen LogP contribution in [0.25, 0.3) is 0 Å². The van der Waals surface area contributed by atoms with Gasteiger partial charge in [-0.25, -0.2) is 13.6 Å². The Kier molecular flexibility index (Phi) is 5.39. The molecule has 2 aromatic rings. The fourth-order valence-corrected chi connectivity index (χ4v) is 3.40. The maximum absolute atomic E-state index is 12.6. The number of aromatic hydroxyl groups is 1. The van der Waals surface area contributed by atoms with E-state index in [-0.39, 0.29) is 26.4 Å². The van der Waals surface area contributed by atoms with Crippen LogP contribution < -0.4 is 10.1 Å². The van der Waals surface area contributed by atoms with E-state index in [0.29, 0.717) is 11.4 Å². The second-order valence-corrected chi connectivity index (χ2v) is 8.21. The SMILES string of the molecule is CC1=NN(c2ccc(S(N)(=O)=O)cc2)C(=O)C1N=Nc1cc(Cl)cc(Cl)c1O. The van der Waals surface area contributed by atoms with Crippen molar-refractivity contribution in [3.05, 3.63) is 46.4 Å². The summed E-state index contributed by atoms with van der Waals surface area (Å²) in [5.74, 6) is -0.817. The molecule has 1 aliphatic rings. The second kappa shape index (κ2) is 7.47. The van der Waals surface area contributed by atoms with Crippen molar-refractivity contribution in [3.8, 4) is 5.75 Å². The minimum atomic E-state index is -3.85. The van der Waals surface area contributed by atoms with E-state index in [4.69, 9.17) is 28.3 Å². The van der Waals surface area contributed by atoms with Gasteiger partial charge in [-0.3, -0.25) is 4.79 Å². The smallest absolute Gasteiger partial charge is 0.280 e. The third-order valence-corrected chi connectivity index (χ3v) is 5.23. The van der Waals surface area contributed by atoms with Crippen molar-refractivity contribution in [2.45, 2.75) is 17.9 Å². The van der Waals surface area contributed by atoms with Crippen LogP contribution in [0.3, 0.4) is 0 Å². The number of nitrogens with zero attached hydrogens (tertiary/aromatic N) is 4. The lowest BCUT2D eigenvalue weighted by Gasteiger charge is -2.12. The van der Waals surface area contributed by atoms with Gasteiger partial charge in [0.2, 0.25) is 10.0 Å². The maximum atomic E-state index is 12.6. The Morgan fingerprint density at radius 3 is 2.46 bits per heavy atom. The molecule has 1 aliphatic heterocycles. The Morgan fingerprint density at radius 1 is 1.21 bits per heavy atom. The molecule has 2 aromatic carbocycles. The van der Waals surface area contributed by atoms with E-state index in [9.17, 15) is 18.3 Å². The zero-order chi connectivity index (χ0) is 20.6. The molecule has 0 spiro atoms. The van der Waals surface area contributed by atoms with Gasteiger partial charge in [0.25, 0.3) is 5.91 Å². The normalized spacial score (nSPS) is 17.4. The standard InChI is InChI=1S/C16H13Cl2N5O4S/c1-8-14(21-20-13-7-9(17)6-12(18)15(13)24)16(25)23(22-8)10-2-4-11(5-3-10)28(19,26)27/h2-7,14,24H,1H3,(H2,19,26,27). The van der Waals surface area contributed by atoms with Crippen LogP contribution >= 0.6 is 23.2 Å². The molecular weight excluding hydrogens is 429 g/mol. The first-order valence-corrected chi connectivity index (χ1v) is 9.99. The highest BCUT2D eigenvalue weighted by Crippen LogP contribution is 2.37. The van der Waals surface area contributed by atoms with Crippen LogP contribution in [0.5, 0.6) is 5.75 Å². The summed E-state index contributed by atoms with van der Waals surface area (Å²) in [5.41, 5.74) is 0.703. The van der Waals surface area contributed by atoms with E-state index >= 15 is 0 Å². The number of amides is 1. The number of primary sulfonamides is 1. The van der Waals surface area contributed by atoms with Crippen molar-refractivity contribution >= 4 is 56.2 Å². The number of anilines is 1. The van der Waals surface area contributed by atoms with E-state index in [1.54, 1.807) is 6.92 Å². The van der Waals surface area contributed by atoms with Gasteiger partial charge in [0, 0.05) is 5.02 Å². The highest BCUT2D eigenvalue weighted by Gasteiger charge is 2.35. The molecule has 1 unspecified atom stereocenters. The van der Waals surface area contributed by atoms with Crippen molar-refractivity contribution in [1.82, 2.24) is 0 Å². The average Bonchev–Trinajstić information content (AvgIpc) is 2.90. The van der Waals surface area contributed by atoms with E-state index in [2.05, 4.69) is 15.3 Å². The molecule has 28 heavy (non-hydrogen) atoms. The monoisotopic (exact) mass is 441 g/mol. The van der Waals surface area contributed by atoms with E-state index in [1.165, 1.54) is 36.4 Å². The molecule has 0 aliphatic carbocycles. The predicted molar refractivity (Wildman–Crippen MR) is 105 cm³/mol. The van der Waals surface area contributed by atoms with Gasteiger partial charge in [-0.05, 0) is 43.3 Å². The molecule has 0 saturated carbocycles. The minimum absolute atomic E-state index is 0.00107. The number of hydrazone groups is 1. The van der Waals surface area contributed by atoms with Crippen molar-refractivity contribution in [1.29, 1.82) is 0 Å². The summed E-state index contributed by atoms with van der Waals surface area (Å²) >= 11 is 11.7. The highest BCUT2D eigenvalue weighted by atomic mass is 35.5. The van der Waals surface area contributed by atoms with Gasteiger partial charge < -0.3 is 5.11 Å². The number of azo groups is 1. The molecule has 12 heteroatoms. The summed E-state index contributed by atoms with van der Waals surface area (Å²) < 4.78 is 22.7. The number of carbonyl (C=O) groups is 1. The lowest BCUT2D eigenvalue weighted by molar-refractivity contribution is -0.117. The molecule has 0 fully saturated rings. The van der Waals surface area contributed by atoms with E-state index < -0.39 is 22.0 Å². The Balaban J connectivity index is 1.85. The number of phenolic OH excluding ortho intramolecular Hbond substituents is 1. The Bertz CT molecular complexity index is 1120. The summed E-state index contributed by atoms with van der Waals surface area (Å²) in [6.07, 6.45) is 0. The van der Waals surface area contributed by atoms with Crippen molar-refractivity contribution < 1.29 is 18.3 Å². The number of carbonyl (C=O) groups excluding carboxylic acids is 1. The topological polar surface area (TPSA) is 138 Å². The number of rotatable bonds is 4. The largest absolute Gasteiger partial charge is 0.504 e. The zero-order valence-electron chi connectivity index (χ0n) is 14.2. The van der Waals surface area contributed by atoms with Crippen LogP contribution in [-0.4, -0.2) is 31.2 Å². The first-order valence-electron chi connectivity index (χ1n) is 7.68. The van der Waals surface area contributed by atoms with Crippen LogP contribution in [-0.2, 0) is 14.8 Å². The van der Waals surface area contributed by atoms with Gasteiger partial charge in [0.05, 0.1) is 21.3 Å². The Morgan fingerprint density at radius 2 is 1.86 bits per heavy atom.